The van der Waals surface area contributed by atoms with Crippen molar-refractivity contribution < 1.29 is 9.85 Å². The van der Waals surface area contributed by atoms with Gasteiger partial charge in [0.2, 0.25) is 0 Å². The number of rotatable bonds is 4. The van der Waals surface area contributed by atoms with Crippen LogP contribution in [0.3, 0.4) is 0 Å². The molecule has 0 fully saturated rings. The predicted molar refractivity (Wildman–Crippen MR) is 117 cm³/mol. The van der Waals surface area contributed by atoms with Crippen LogP contribution in [0.1, 0.15) is 0 Å². The average molecular weight is 586 g/mol. The number of aryl methyl sites for hydroxylation is 1. The molecule has 0 aliphatic carbocycles. The van der Waals surface area contributed by atoms with Crippen LogP contribution < -0.4 is 11.4 Å². The summed E-state index contributed by atoms with van der Waals surface area (Å²) in [7, 11) is 1.44. The molecule has 2 heterocycles. The Balaban J connectivity index is 0.000000186. The van der Waals surface area contributed by atoms with Gasteiger partial charge in [-0.25, -0.2) is 14.7 Å². The minimum atomic E-state index is -0.563. The van der Waals surface area contributed by atoms with Crippen molar-refractivity contribution in [2.75, 3.05) is 0 Å². The maximum atomic E-state index is 11.6. The van der Waals surface area contributed by atoms with Gasteiger partial charge in [0.15, 0.2) is 0 Å². The fourth-order valence-corrected chi connectivity index (χ4v) is 3.35. The van der Waals surface area contributed by atoms with Gasteiger partial charge in [0.05, 0.1) is 21.2 Å². The summed E-state index contributed by atoms with van der Waals surface area (Å²) in [5.74, 6) is 0. The number of aromatic nitrogens is 8. The SMILES string of the molecule is Cn1nnn(-c2cc(Br)cc([N+](=O)[O-])c2)c1=O.O=c1[nH]nnn1-c1cc(Br)cc([N+](=O)[O-])c1. The van der Waals surface area contributed by atoms with Gasteiger partial charge in [-0.15, -0.1) is 0 Å². The molecule has 16 nitrogen and oxygen atoms in total. The first kappa shape index (κ1) is 23.6. The molecule has 0 saturated heterocycles. The minimum absolute atomic E-state index is 0.132. The molecule has 0 atom stereocenters. The second kappa shape index (κ2) is 9.61. The smallest absolute Gasteiger partial charge is 0.258 e. The maximum absolute atomic E-state index is 11.6. The first-order valence-corrected chi connectivity index (χ1v) is 10.1. The lowest BCUT2D eigenvalue weighted by Crippen LogP contribution is -2.21. The molecule has 33 heavy (non-hydrogen) atoms. The minimum Gasteiger partial charge on any atom is -0.258 e. The van der Waals surface area contributed by atoms with E-state index in [1.54, 1.807) is 6.07 Å². The van der Waals surface area contributed by atoms with Crippen molar-refractivity contribution in [2.45, 2.75) is 0 Å². The third-order valence-corrected chi connectivity index (χ3v) is 4.75. The van der Waals surface area contributed by atoms with E-state index in [-0.39, 0.29) is 22.7 Å². The molecule has 170 valence electrons. The second-order valence-electron chi connectivity index (χ2n) is 6.06. The number of H-pyrrole nitrogens is 1. The van der Waals surface area contributed by atoms with Gasteiger partial charge in [-0.2, -0.15) is 14.0 Å². The van der Waals surface area contributed by atoms with Gasteiger partial charge in [-0.1, -0.05) is 31.9 Å². The number of hydrogen-bond donors (Lipinski definition) is 1. The van der Waals surface area contributed by atoms with E-state index < -0.39 is 21.2 Å². The first-order valence-electron chi connectivity index (χ1n) is 8.47. The lowest BCUT2D eigenvalue weighted by Gasteiger charge is -1.99. The normalized spacial score (nSPS) is 10.4. The molecule has 1 N–H and O–H groups in total. The van der Waals surface area contributed by atoms with Gasteiger partial charge in [-0.05, 0) is 33.0 Å². The van der Waals surface area contributed by atoms with E-state index in [9.17, 15) is 29.8 Å². The van der Waals surface area contributed by atoms with E-state index in [1.807, 2.05) is 0 Å². The molecule has 0 spiro atoms. The molecule has 0 amide bonds. The predicted octanol–water partition coefficient (Wildman–Crippen LogP) is 1.26. The van der Waals surface area contributed by atoms with Crippen LogP contribution in [0.5, 0.6) is 0 Å². The third-order valence-electron chi connectivity index (χ3n) is 3.84. The number of non-ortho nitro benzene ring substituents is 2. The first-order chi connectivity index (χ1) is 15.6. The maximum Gasteiger partial charge on any atom is 0.368 e. The van der Waals surface area contributed by atoms with Crippen molar-refractivity contribution in [1.29, 1.82) is 0 Å². The fraction of sp³-hybridized carbons (Fsp3) is 0.0667. The van der Waals surface area contributed by atoms with Gasteiger partial charge < -0.3 is 0 Å². The van der Waals surface area contributed by atoms with Crippen molar-refractivity contribution >= 4 is 43.2 Å². The quantitative estimate of drug-likeness (QED) is 0.268. The Morgan fingerprint density at radius 3 is 1.73 bits per heavy atom. The van der Waals surface area contributed by atoms with Crippen molar-refractivity contribution in [3.8, 4) is 11.4 Å². The highest BCUT2D eigenvalue weighted by atomic mass is 79.9. The summed E-state index contributed by atoms with van der Waals surface area (Å²) in [5, 5.41) is 37.3. The summed E-state index contributed by atoms with van der Waals surface area (Å²) in [6.07, 6.45) is 0. The Labute approximate surface area is 198 Å². The van der Waals surface area contributed by atoms with Crippen LogP contribution >= 0.6 is 31.9 Å². The number of nitrogens with one attached hydrogen (secondary N) is 1. The highest BCUT2D eigenvalue weighted by Crippen LogP contribution is 2.23. The lowest BCUT2D eigenvalue weighted by molar-refractivity contribution is -0.385. The molecule has 2 aromatic heterocycles. The van der Waals surface area contributed by atoms with E-state index in [0.29, 0.717) is 8.95 Å². The van der Waals surface area contributed by atoms with Gasteiger partial charge in [0.1, 0.15) is 0 Å². The largest absolute Gasteiger partial charge is 0.368 e. The number of nitrogens with zero attached hydrogens (tertiary/aromatic N) is 9. The van der Waals surface area contributed by atoms with Crippen LogP contribution in [-0.2, 0) is 7.05 Å². The molecule has 0 aliphatic heterocycles. The van der Waals surface area contributed by atoms with E-state index in [0.717, 1.165) is 14.0 Å². The monoisotopic (exact) mass is 584 g/mol. The highest BCUT2D eigenvalue weighted by Gasteiger charge is 2.14. The zero-order valence-electron chi connectivity index (χ0n) is 16.2. The molecule has 0 bridgehead atoms. The van der Waals surface area contributed by atoms with Crippen LogP contribution in [0.2, 0.25) is 0 Å². The van der Waals surface area contributed by atoms with E-state index >= 15 is 0 Å². The van der Waals surface area contributed by atoms with Gasteiger partial charge >= 0.3 is 11.4 Å². The van der Waals surface area contributed by atoms with Crippen LogP contribution in [0.15, 0.2) is 54.9 Å². The fourth-order valence-electron chi connectivity index (χ4n) is 2.42. The zero-order valence-corrected chi connectivity index (χ0v) is 19.4. The Kier molecular flexibility index (Phi) is 6.87. The molecule has 0 aliphatic rings. The molecule has 4 aromatic rings. The number of benzene rings is 2. The Morgan fingerprint density at radius 1 is 0.818 bits per heavy atom. The second-order valence-corrected chi connectivity index (χ2v) is 7.90. The van der Waals surface area contributed by atoms with Crippen molar-refractivity contribution in [3.05, 3.63) is 86.5 Å². The summed E-state index contributed by atoms with van der Waals surface area (Å²) in [5.41, 5.74) is -0.764. The Bertz CT molecular complexity index is 1470. The van der Waals surface area contributed by atoms with Crippen LogP contribution in [0.25, 0.3) is 11.4 Å². The topological polar surface area (TPSA) is 203 Å². The number of nitro benzene ring substituents is 2. The number of tetrazole rings is 2. The number of aromatic amines is 1. The van der Waals surface area contributed by atoms with Crippen molar-refractivity contribution in [1.82, 2.24) is 40.0 Å². The number of nitro groups is 2. The molecule has 18 heteroatoms. The van der Waals surface area contributed by atoms with Crippen LogP contribution in [0, 0.1) is 20.2 Å². The summed E-state index contributed by atoms with van der Waals surface area (Å²) >= 11 is 6.25. The molecule has 0 saturated carbocycles. The average Bonchev–Trinajstić information content (AvgIpc) is 3.33. The lowest BCUT2D eigenvalue weighted by atomic mass is 10.3. The van der Waals surface area contributed by atoms with Crippen molar-refractivity contribution in [2.24, 2.45) is 7.05 Å². The van der Waals surface area contributed by atoms with Gasteiger partial charge in [-0.3, -0.25) is 20.2 Å². The van der Waals surface area contributed by atoms with Crippen molar-refractivity contribution in [3.63, 3.8) is 0 Å². The Hall–Kier alpha value is -4.06. The van der Waals surface area contributed by atoms with Crippen LogP contribution in [0.4, 0.5) is 11.4 Å². The van der Waals surface area contributed by atoms with Gasteiger partial charge in [0.25, 0.3) is 11.4 Å². The van der Waals surface area contributed by atoms with E-state index in [1.165, 1.54) is 37.4 Å². The zero-order chi connectivity index (χ0) is 24.3. The summed E-state index contributed by atoms with van der Waals surface area (Å²) < 4.78 is 3.91. The molecule has 2 aromatic carbocycles. The van der Waals surface area contributed by atoms with Crippen LogP contribution in [-0.4, -0.2) is 49.8 Å². The molecule has 4 rings (SSSR count). The third kappa shape index (κ3) is 5.41. The molecular weight excluding hydrogens is 576 g/mol. The summed E-state index contributed by atoms with van der Waals surface area (Å²) in [6.45, 7) is 0. The molecular formula is C15H10Br2N10O6. The highest BCUT2D eigenvalue weighted by molar-refractivity contribution is 9.10. The molecule has 0 radical (unpaired) electrons. The summed E-state index contributed by atoms with van der Waals surface area (Å²) in [4.78, 5) is 43.0. The number of halogens is 2. The standard InChI is InChI=1S/C8H6BrN5O3.C7H4BrN5O3/c1-12-8(15)13(11-10-12)6-2-5(9)3-7(4-6)14(16)17;8-4-1-5(3-6(2-4)13(15)16)12-7(14)9-10-11-12/h2-4H,1H3;1-3H,(H,9,11,14). The Morgan fingerprint density at radius 2 is 1.33 bits per heavy atom. The van der Waals surface area contributed by atoms with E-state index in [2.05, 4.69) is 57.8 Å². The molecule has 0 unspecified atom stereocenters. The van der Waals surface area contributed by atoms with Gasteiger partial charge in [0, 0.05) is 40.3 Å². The number of hydrogen-bond acceptors (Lipinski definition) is 10. The summed E-state index contributed by atoms with van der Waals surface area (Å²) in [6, 6.07) is 8.22. The van der Waals surface area contributed by atoms with E-state index in [4.69, 9.17) is 0 Å².